The largest absolute Gasteiger partial charge is 0.491 e. The van der Waals surface area contributed by atoms with Gasteiger partial charge in [-0.25, -0.2) is 0 Å². The quantitative estimate of drug-likeness (QED) is 0.818. The van der Waals surface area contributed by atoms with Gasteiger partial charge in [0.15, 0.2) is 0 Å². The number of rotatable bonds is 4. The first kappa shape index (κ1) is 12.2. The van der Waals surface area contributed by atoms with Gasteiger partial charge in [0.2, 0.25) is 0 Å². The summed E-state index contributed by atoms with van der Waals surface area (Å²) in [5, 5.41) is 9.52. The van der Waals surface area contributed by atoms with Gasteiger partial charge in [-0.2, -0.15) is 0 Å². The van der Waals surface area contributed by atoms with Crippen molar-refractivity contribution < 1.29 is 9.84 Å². The maximum atomic E-state index is 9.52. The molecule has 1 aromatic carbocycles. The van der Waals surface area contributed by atoms with Gasteiger partial charge < -0.3 is 20.5 Å². The summed E-state index contributed by atoms with van der Waals surface area (Å²) in [4.78, 5) is 2.27. The number of ether oxygens (including phenoxy) is 1. The number of para-hydroxylation sites is 2. The van der Waals surface area contributed by atoms with Crippen molar-refractivity contribution in [2.75, 3.05) is 31.1 Å². The maximum Gasteiger partial charge on any atom is 0.142 e. The summed E-state index contributed by atoms with van der Waals surface area (Å²) >= 11 is 0. The first-order chi connectivity index (χ1) is 8.31. The molecular weight excluding hydrogens is 216 g/mol. The van der Waals surface area contributed by atoms with E-state index in [1.807, 2.05) is 18.2 Å². The van der Waals surface area contributed by atoms with Crippen molar-refractivity contribution in [3.8, 4) is 5.75 Å². The third-order valence-electron chi connectivity index (χ3n) is 3.04. The van der Waals surface area contributed by atoms with E-state index in [-0.39, 0.29) is 0 Å². The molecular formula is C13H20N2O2. The predicted molar refractivity (Wildman–Crippen MR) is 68.4 cm³/mol. The minimum Gasteiger partial charge on any atom is -0.491 e. The number of benzene rings is 1. The summed E-state index contributed by atoms with van der Waals surface area (Å²) in [6.07, 6.45) is 1.30. The van der Waals surface area contributed by atoms with E-state index in [2.05, 4.69) is 11.0 Å². The van der Waals surface area contributed by atoms with Crippen LogP contribution in [-0.2, 0) is 0 Å². The lowest BCUT2D eigenvalue weighted by atomic mass is 10.2. The minimum atomic E-state index is -0.411. The van der Waals surface area contributed by atoms with E-state index in [1.54, 1.807) is 0 Å². The van der Waals surface area contributed by atoms with Crippen LogP contribution in [-0.4, -0.2) is 37.5 Å². The Morgan fingerprint density at radius 1 is 1.41 bits per heavy atom. The molecule has 1 aliphatic heterocycles. The zero-order valence-corrected chi connectivity index (χ0v) is 10.0. The number of nitrogens with two attached hydrogens (primary N) is 1. The Balaban J connectivity index is 2.06. The fraction of sp³-hybridized carbons (Fsp3) is 0.538. The Morgan fingerprint density at radius 2 is 2.24 bits per heavy atom. The second kappa shape index (κ2) is 5.89. The standard InChI is InChI=1S/C13H20N2O2/c14-10-11(16)6-8-15-7-3-9-17-13-5-2-1-4-12(13)15/h1-2,4-5,11,16H,3,6-10,14H2. The smallest absolute Gasteiger partial charge is 0.142 e. The van der Waals surface area contributed by atoms with Crippen molar-refractivity contribution in [3.63, 3.8) is 0 Å². The van der Waals surface area contributed by atoms with Gasteiger partial charge in [-0.05, 0) is 25.0 Å². The highest BCUT2D eigenvalue weighted by Crippen LogP contribution is 2.30. The minimum absolute atomic E-state index is 0.325. The number of hydrogen-bond acceptors (Lipinski definition) is 4. The zero-order valence-electron chi connectivity index (χ0n) is 10.0. The van der Waals surface area contributed by atoms with Crippen molar-refractivity contribution >= 4 is 5.69 Å². The summed E-state index contributed by atoms with van der Waals surface area (Å²) in [7, 11) is 0. The SMILES string of the molecule is NCC(O)CCN1CCCOc2ccccc21. The van der Waals surface area contributed by atoms with Gasteiger partial charge in [0.05, 0.1) is 18.4 Å². The molecule has 94 valence electrons. The molecule has 0 bridgehead atoms. The number of anilines is 1. The summed E-state index contributed by atoms with van der Waals surface area (Å²) in [5.74, 6) is 0.937. The Bertz CT molecular complexity index is 357. The van der Waals surface area contributed by atoms with Gasteiger partial charge in [0.1, 0.15) is 5.75 Å². The summed E-state index contributed by atoms with van der Waals surface area (Å²) in [6.45, 7) is 2.87. The molecule has 4 heteroatoms. The normalized spacial score (nSPS) is 16.9. The number of aliphatic hydroxyl groups is 1. The number of aliphatic hydroxyl groups excluding tert-OH is 1. The van der Waals surface area contributed by atoms with Crippen LogP contribution in [0.2, 0.25) is 0 Å². The molecule has 4 nitrogen and oxygen atoms in total. The van der Waals surface area contributed by atoms with Crippen LogP contribution in [0.15, 0.2) is 24.3 Å². The van der Waals surface area contributed by atoms with Crippen LogP contribution in [0.4, 0.5) is 5.69 Å². The molecule has 0 spiro atoms. The molecule has 0 fully saturated rings. The van der Waals surface area contributed by atoms with E-state index < -0.39 is 6.10 Å². The monoisotopic (exact) mass is 236 g/mol. The summed E-state index contributed by atoms with van der Waals surface area (Å²) < 4.78 is 5.68. The molecule has 0 radical (unpaired) electrons. The van der Waals surface area contributed by atoms with E-state index in [1.165, 1.54) is 0 Å². The van der Waals surface area contributed by atoms with E-state index in [0.717, 1.165) is 37.6 Å². The number of nitrogens with zero attached hydrogens (tertiary/aromatic N) is 1. The predicted octanol–water partition coefficient (Wildman–Crippen LogP) is 0.985. The molecule has 0 aromatic heterocycles. The van der Waals surface area contributed by atoms with Crippen LogP contribution < -0.4 is 15.4 Å². The van der Waals surface area contributed by atoms with E-state index in [4.69, 9.17) is 10.5 Å². The van der Waals surface area contributed by atoms with Gasteiger partial charge in [0.25, 0.3) is 0 Å². The Kier molecular flexibility index (Phi) is 4.23. The fourth-order valence-corrected chi connectivity index (χ4v) is 2.05. The van der Waals surface area contributed by atoms with Gasteiger partial charge >= 0.3 is 0 Å². The first-order valence-electron chi connectivity index (χ1n) is 6.16. The molecule has 0 aliphatic carbocycles. The molecule has 3 N–H and O–H groups in total. The van der Waals surface area contributed by atoms with Crippen LogP contribution in [0.3, 0.4) is 0 Å². The van der Waals surface area contributed by atoms with Crippen molar-refractivity contribution in [2.24, 2.45) is 5.73 Å². The van der Waals surface area contributed by atoms with E-state index >= 15 is 0 Å². The molecule has 1 aromatic rings. The van der Waals surface area contributed by atoms with Crippen LogP contribution in [0.25, 0.3) is 0 Å². The molecule has 1 atom stereocenters. The highest BCUT2D eigenvalue weighted by molar-refractivity contribution is 5.58. The van der Waals surface area contributed by atoms with Crippen molar-refractivity contribution in [1.82, 2.24) is 0 Å². The third-order valence-corrected chi connectivity index (χ3v) is 3.04. The molecule has 1 unspecified atom stereocenters. The third kappa shape index (κ3) is 3.11. The van der Waals surface area contributed by atoms with Crippen LogP contribution in [0.1, 0.15) is 12.8 Å². The molecule has 1 aliphatic rings. The average Bonchev–Trinajstić information content (AvgIpc) is 2.58. The average molecular weight is 236 g/mol. The van der Waals surface area contributed by atoms with Crippen LogP contribution in [0, 0.1) is 0 Å². The Labute approximate surface area is 102 Å². The van der Waals surface area contributed by atoms with Gasteiger partial charge in [0, 0.05) is 19.6 Å². The highest BCUT2D eigenvalue weighted by atomic mass is 16.5. The summed E-state index contributed by atoms with van der Waals surface area (Å²) in [6, 6.07) is 8.05. The molecule has 0 saturated heterocycles. The van der Waals surface area contributed by atoms with Gasteiger partial charge in [-0.3, -0.25) is 0 Å². The molecule has 2 rings (SSSR count). The second-order valence-corrected chi connectivity index (χ2v) is 4.33. The summed E-state index contributed by atoms with van der Waals surface area (Å²) in [5.41, 5.74) is 6.54. The van der Waals surface area contributed by atoms with Crippen LogP contribution in [0.5, 0.6) is 5.75 Å². The molecule has 17 heavy (non-hydrogen) atoms. The van der Waals surface area contributed by atoms with Crippen molar-refractivity contribution in [2.45, 2.75) is 18.9 Å². The number of fused-ring (bicyclic) bond motifs is 1. The topological polar surface area (TPSA) is 58.7 Å². The van der Waals surface area contributed by atoms with E-state index in [9.17, 15) is 5.11 Å². The van der Waals surface area contributed by atoms with E-state index in [0.29, 0.717) is 13.0 Å². The number of hydrogen-bond donors (Lipinski definition) is 2. The lowest BCUT2D eigenvalue weighted by Crippen LogP contribution is -2.30. The van der Waals surface area contributed by atoms with Crippen LogP contribution >= 0.6 is 0 Å². The maximum absolute atomic E-state index is 9.52. The van der Waals surface area contributed by atoms with Gasteiger partial charge in [-0.1, -0.05) is 12.1 Å². The van der Waals surface area contributed by atoms with Gasteiger partial charge in [-0.15, -0.1) is 0 Å². The zero-order chi connectivity index (χ0) is 12.1. The molecule has 1 heterocycles. The Morgan fingerprint density at radius 3 is 3.06 bits per heavy atom. The first-order valence-corrected chi connectivity index (χ1v) is 6.16. The molecule has 0 saturated carbocycles. The molecule has 0 amide bonds. The second-order valence-electron chi connectivity index (χ2n) is 4.33. The lowest BCUT2D eigenvalue weighted by Gasteiger charge is -2.24. The Hall–Kier alpha value is -1.26. The lowest BCUT2D eigenvalue weighted by molar-refractivity contribution is 0.174. The van der Waals surface area contributed by atoms with Crippen molar-refractivity contribution in [1.29, 1.82) is 0 Å². The highest BCUT2D eigenvalue weighted by Gasteiger charge is 2.16. The van der Waals surface area contributed by atoms with Crippen molar-refractivity contribution in [3.05, 3.63) is 24.3 Å². The fourth-order valence-electron chi connectivity index (χ4n) is 2.05.